The molecule has 0 aromatic rings. The Bertz CT molecular complexity index is 166. The Morgan fingerprint density at radius 3 is 2.00 bits per heavy atom. The van der Waals surface area contributed by atoms with Gasteiger partial charge in [0.15, 0.2) is 0 Å². The second-order valence-electron chi connectivity index (χ2n) is 4.87. The second-order valence-corrected chi connectivity index (χ2v) is 4.87. The molecule has 0 aliphatic heterocycles. The van der Waals surface area contributed by atoms with E-state index in [9.17, 15) is 0 Å². The molecule has 1 N–H and O–H groups in total. The van der Waals surface area contributed by atoms with Gasteiger partial charge < -0.3 is 5.32 Å². The maximum atomic E-state index is 3.54. The number of hydrogen-bond acceptors (Lipinski definition) is 2. The Balaban J connectivity index is 4.71. The van der Waals surface area contributed by atoms with Crippen molar-refractivity contribution in [3.05, 3.63) is 0 Å². The summed E-state index contributed by atoms with van der Waals surface area (Å²) in [7, 11) is 2.11. The first-order chi connectivity index (χ1) is 7.60. The Hall–Kier alpha value is -0.0800. The molecule has 0 bridgehead atoms. The van der Waals surface area contributed by atoms with E-state index in [0.29, 0.717) is 11.6 Å². The molecule has 98 valence electrons. The summed E-state index contributed by atoms with van der Waals surface area (Å²) in [6.45, 7) is 13.8. The van der Waals surface area contributed by atoms with Crippen molar-refractivity contribution in [1.82, 2.24) is 10.2 Å². The van der Waals surface area contributed by atoms with Gasteiger partial charge >= 0.3 is 0 Å². The van der Waals surface area contributed by atoms with Crippen LogP contribution in [0.2, 0.25) is 0 Å². The summed E-state index contributed by atoms with van der Waals surface area (Å²) >= 11 is 0. The van der Waals surface area contributed by atoms with Crippen molar-refractivity contribution < 1.29 is 0 Å². The number of unbranched alkanes of at least 4 members (excludes halogenated alkanes) is 1. The molecule has 2 heteroatoms. The van der Waals surface area contributed by atoms with Crippen LogP contribution < -0.4 is 5.32 Å². The quantitative estimate of drug-likeness (QED) is 0.651. The van der Waals surface area contributed by atoms with E-state index in [0.717, 1.165) is 13.1 Å². The van der Waals surface area contributed by atoms with Crippen LogP contribution >= 0.6 is 0 Å². The maximum Gasteiger partial charge on any atom is 0.0331 e. The molecule has 0 amide bonds. The normalized spacial score (nSPS) is 17.4. The number of nitrogens with zero attached hydrogens (tertiary/aromatic N) is 1. The Morgan fingerprint density at radius 1 is 1.12 bits per heavy atom. The zero-order valence-corrected chi connectivity index (χ0v) is 12.3. The zero-order chi connectivity index (χ0) is 12.6. The van der Waals surface area contributed by atoms with Crippen LogP contribution in [0, 0.1) is 0 Å². The molecule has 0 aromatic heterocycles. The predicted octanol–water partition coefficient (Wildman–Crippen LogP) is 3.28. The van der Waals surface area contributed by atoms with Gasteiger partial charge in [-0.25, -0.2) is 0 Å². The van der Waals surface area contributed by atoms with Crippen LogP contribution in [-0.4, -0.2) is 36.6 Å². The zero-order valence-electron chi connectivity index (χ0n) is 12.3. The molecule has 0 saturated heterocycles. The smallest absolute Gasteiger partial charge is 0.0331 e. The van der Waals surface area contributed by atoms with Crippen LogP contribution in [-0.2, 0) is 0 Å². The molecule has 0 fully saturated rings. The van der Waals surface area contributed by atoms with E-state index in [1.54, 1.807) is 0 Å². The van der Waals surface area contributed by atoms with Crippen molar-refractivity contribution in [3.63, 3.8) is 0 Å². The van der Waals surface area contributed by atoms with E-state index in [1.807, 2.05) is 0 Å². The highest BCUT2D eigenvalue weighted by atomic mass is 15.2. The van der Waals surface area contributed by atoms with E-state index < -0.39 is 0 Å². The maximum absolute atomic E-state index is 3.54. The summed E-state index contributed by atoms with van der Waals surface area (Å²) in [5.41, 5.74) is 0.299. The van der Waals surface area contributed by atoms with Gasteiger partial charge in [-0.05, 0) is 39.9 Å². The van der Waals surface area contributed by atoms with Crippen LogP contribution in [0.1, 0.15) is 60.3 Å². The van der Waals surface area contributed by atoms with Crippen LogP contribution in [0.15, 0.2) is 0 Å². The highest BCUT2D eigenvalue weighted by Gasteiger charge is 2.35. The SMILES string of the molecule is CCCCC(NC)C(C)(CC)N(CC)CC. The van der Waals surface area contributed by atoms with Gasteiger partial charge in [-0.15, -0.1) is 0 Å². The van der Waals surface area contributed by atoms with Crippen molar-refractivity contribution in [2.24, 2.45) is 0 Å². The lowest BCUT2D eigenvalue weighted by Crippen LogP contribution is -2.58. The fraction of sp³-hybridized carbons (Fsp3) is 1.00. The van der Waals surface area contributed by atoms with Crippen molar-refractivity contribution in [2.75, 3.05) is 20.1 Å². The fourth-order valence-corrected chi connectivity index (χ4v) is 2.81. The Kier molecular flexibility index (Phi) is 8.04. The lowest BCUT2D eigenvalue weighted by molar-refractivity contribution is 0.0688. The van der Waals surface area contributed by atoms with Crippen molar-refractivity contribution in [1.29, 1.82) is 0 Å². The fourth-order valence-electron chi connectivity index (χ4n) is 2.81. The average Bonchev–Trinajstić information content (AvgIpc) is 2.31. The predicted molar refractivity (Wildman–Crippen MR) is 74.0 cm³/mol. The summed E-state index contributed by atoms with van der Waals surface area (Å²) in [5.74, 6) is 0. The molecule has 2 atom stereocenters. The molecule has 0 spiro atoms. The molecule has 16 heavy (non-hydrogen) atoms. The van der Waals surface area contributed by atoms with Gasteiger partial charge in [0, 0.05) is 11.6 Å². The van der Waals surface area contributed by atoms with E-state index in [4.69, 9.17) is 0 Å². The largest absolute Gasteiger partial charge is 0.315 e. The molecule has 0 aliphatic rings. The third-order valence-electron chi connectivity index (χ3n) is 4.15. The minimum Gasteiger partial charge on any atom is -0.315 e. The molecule has 0 rings (SSSR count). The molecular formula is C14H32N2. The molecule has 0 aliphatic carbocycles. The van der Waals surface area contributed by atoms with Crippen molar-refractivity contribution in [2.45, 2.75) is 71.9 Å². The van der Waals surface area contributed by atoms with Gasteiger partial charge in [-0.2, -0.15) is 0 Å². The summed E-state index contributed by atoms with van der Waals surface area (Å²) in [4.78, 5) is 2.60. The van der Waals surface area contributed by atoms with E-state index >= 15 is 0 Å². The molecule has 2 nitrogen and oxygen atoms in total. The van der Waals surface area contributed by atoms with Gasteiger partial charge in [-0.1, -0.05) is 40.5 Å². The Labute approximate surface area is 103 Å². The highest BCUT2D eigenvalue weighted by Crippen LogP contribution is 2.26. The lowest BCUT2D eigenvalue weighted by atomic mass is 9.84. The average molecular weight is 228 g/mol. The number of likely N-dealkylation sites (N-methyl/N-ethyl adjacent to an activating group) is 2. The topological polar surface area (TPSA) is 15.3 Å². The van der Waals surface area contributed by atoms with Gasteiger partial charge in [0.25, 0.3) is 0 Å². The molecule has 2 unspecified atom stereocenters. The second kappa shape index (κ2) is 8.08. The number of hydrogen-bond donors (Lipinski definition) is 1. The third kappa shape index (κ3) is 3.74. The first kappa shape index (κ1) is 15.9. The van der Waals surface area contributed by atoms with Gasteiger partial charge in [0.05, 0.1) is 0 Å². The van der Waals surface area contributed by atoms with Gasteiger partial charge in [0.2, 0.25) is 0 Å². The summed E-state index contributed by atoms with van der Waals surface area (Å²) in [6.07, 6.45) is 5.11. The summed E-state index contributed by atoms with van der Waals surface area (Å²) in [5, 5.41) is 3.54. The molecular weight excluding hydrogens is 196 g/mol. The standard InChI is InChI=1S/C14H32N2/c1-7-11-12-13(15-6)14(5,8-2)16(9-3)10-4/h13,15H,7-12H2,1-6H3. The monoisotopic (exact) mass is 228 g/mol. The first-order valence-electron chi connectivity index (χ1n) is 7.02. The van der Waals surface area contributed by atoms with E-state index in [-0.39, 0.29) is 0 Å². The molecule has 0 radical (unpaired) electrons. The van der Waals surface area contributed by atoms with Crippen LogP contribution in [0.25, 0.3) is 0 Å². The van der Waals surface area contributed by atoms with Crippen LogP contribution in [0.5, 0.6) is 0 Å². The minimum atomic E-state index is 0.299. The van der Waals surface area contributed by atoms with Crippen molar-refractivity contribution in [3.8, 4) is 0 Å². The first-order valence-corrected chi connectivity index (χ1v) is 7.02. The van der Waals surface area contributed by atoms with E-state index in [2.05, 4.69) is 51.9 Å². The highest BCUT2D eigenvalue weighted by molar-refractivity contribution is 4.95. The van der Waals surface area contributed by atoms with E-state index in [1.165, 1.54) is 25.7 Å². The lowest BCUT2D eigenvalue weighted by Gasteiger charge is -2.46. The van der Waals surface area contributed by atoms with Gasteiger partial charge in [0.1, 0.15) is 0 Å². The number of nitrogens with one attached hydrogen (secondary N) is 1. The van der Waals surface area contributed by atoms with Crippen LogP contribution in [0.4, 0.5) is 0 Å². The van der Waals surface area contributed by atoms with Gasteiger partial charge in [-0.3, -0.25) is 4.90 Å². The van der Waals surface area contributed by atoms with Crippen molar-refractivity contribution >= 4 is 0 Å². The Morgan fingerprint density at radius 2 is 1.69 bits per heavy atom. The molecule has 0 heterocycles. The van der Waals surface area contributed by atoms with Crippen LogP contribution in [0.3, 0.4) is 0 Å². The minimum absolute atomic E-state index is 0.299. The summed E-state index contributed by atoms with van der Waals surface area (Å²) in [6, 6.07) is 0.609. The number of rotatable bonds is 9. The molecule has 0 aromatic carbocycles. The third-order valence-corrected chi connectivity index (χ3v) is 4.15. The summed E-state index contributed by atoms with van der Waals surface area (Å²) < 4.78 is 0. The molecule has 0 saturated carbocycles.